The highest BCUT2D eigenvalue weighted by Crippen LogP contribution is 2.40. The van der Waals surface area contributed by atoms with Gasteiger partial charge < -0.3 is 30.0 Å². The number of rotatable bonds is 8. The highest BCUT2D eigenvalue weighted by Gasteiger charge is 2.43. The number of carbonyl (C=O) groups excluding carboxylic acids is 2. The van der Waals surface area contributed by atoms with E-state index in [4.69, 9.17) is 19.3 Å². The van der Waals surface area contributed by atoms with Crippen LogP contribution in [0, 0.1) is 0 Å². The van der Waals surface area contributed by atoms with Gasteiger partial charge in [0.05, 0.1) is 13.7 Å². The Kier molecular flexibility index (Phi) is 7.44. The number of aliphatic hydroxyl groups excluding tert-OH is 1. The quantitative estimate of drug-likeness (QED) is 0.550. The van der Waals surface area contributed by atoms with Gasteiger partial charge in [-0.1, -0.05) is 12.1 Å². The molecule has 1 aliphatic heterocycles. The Balaban J connectivity index is 1.65. The lowest BCUT2D eigenvalue weighted by molar-refractivity contribution is -0.138. The van der Waals surface area contributed by atoms with Crippen LogP contribution in [0.5, 0.6) is 17.2 Å². The lowest BCUT2D eigenvalue weighted by Gasteiger charge is -2.27. The van der Waals surface area contributed by atoms with E-state index >= 15 is 0 Å². The van der Waals surface area contributed by atoms with Crippen LogP contribution in [0.1, 0.15) is 17.5 Å². The van der Waals surface area contributed by atoms with Crippen molar-refractivity contribution < 1.29 is 42.1 Å². The molecule has 1 saturated heterocycles. The molecule has 1 aliphatic rings. The molecule has 0 saturated carbocycles. The summed E-state index contributed by atoms with van der Waals surface area (Å²) in [6, 6.07) is 9.55. The standard InChI is InChI=1S/C22H23F3N2O6/c1-31-16-6-7-18(17(10-16)22(23,24)25)33-15-4-2-14(3-5-15)11-26-20(30)21(8-9-32-13-21)27-19(29)12-28/h2-7,10,28H,8-9,11-13H2,1H3,(H,26,30)(H,27,29). The maximum Gasteiger partial charge on any atom is 0.420 e. The number of nitrogens with one attached hydrogen (secondary N) is 2. The summed E-state index contributed by atoms with van der Waals surface area (Å²) in [4.78, 5) is 24.2. The first-order valence-corrected chi connectivity index (χ1v) is 9.97. The molecule has 33 heavy (non-hydrogen) atoms. The summed E-state index contributed by atoms with van der Waals surface area (Å²) in [5, 5.41) is 14.2. The number of alkyl halides is 3. The van der Waals surface area contributed by atoms with Crippen molar-refractivity contribution in [2.75, 3.05) is 26.9 Å². The number of halogens is 3. The maximum absolute atomic E-state index is 13.3. The molecule has 1 heterocycles. The number of methoxy groups -OCH3 is 1. The van der Waals surface area contributed by atoms with Gasteiger partial charge in [-0.2, -0.15) is 13.2 Å². The molecule has 1 unspecified atom stereocenters. The Morgan fingerprint density at radius 2 is 1.85 bits per heavy atom. The second kappa shape index (κ2) is 10.1. The minimum Gasteiger partial charge on any atom is -0.497 e. The molecule has 1 fully saturated rings. The molecule has 8 nitrogen and oxygen atoms in total. The minimum atomic E-state index is -4.63. The number of carbonyl (C=O) groups is 2. The van der Waals surface area contributed by atoms with Crippen LogP contribution in [0.25, 0.3) is 0 Å². The van der Waals surface area contributed by atoms with Gasteiger partial charge in [-0.05, 0) is 35.9 Å². The molecule has 0 aliphatic carbocycles. The second-order valence-corrected chi connectivity index (χ2v) is 7.38. The topological polar surface area (TPSA) is 106 Å². The fourth-order valence-electron chi connectivity index (χ4n) is 3.31. The summed E-state index contributed by atoms with van der Waals surface area (Å²) < 4.78 is 55.5. The van der Waals surface area contributed by atoms with Gasteiger partial charge in [0.15, 0.2) is 0 Å². The summed E-state index contributed by atoms with van der Waals surface area (Å²) >= 11 is 0. The molecule has 0 radical (unpaired) electrons. The average molecular weight is 468 g/mol. The van der Waals surface area contributed by atoms with Crippen molar-refractivity contribution in [1.82, 2.24) is 10.6 Å². The molecule has 2 aromatic rings. The predicted octanol–water partition coefficient (Wildman–Crippen LogP) is 2.39. The van der Waals surface area contributed by atoms with Gasteiger partial charge in [-0.3, -0.25) is 9.59 Å². The van der Waals surface area contributed by atoms with Crippen LogP contribution < -0.4 is 20.1 Å². The Hall–Kier alpha value is -3.31. The van der Waals surface area contributed by atoms with E-state index in [0.717, 1.165) is 6.07 Å². The molecule has 1 atom stereocenters. The smallest absolute Gasteiger partial charge is 0.420 e. The number of ether oxygens (including phenoxy) is 3. The molecule has 0 bridgehead atoms. The summed E-state index contributed by atoms with van der Waals surface area (Å²) in [7, 11) is 1.27. The molecule has 0 aromatic heterocycles. The lowest BCUT2D eigenvalue weighted by Crippen LogP contribution is -2.59. The van der Waals surface area contributed by atoms with Gasteiger partial charge >= 0.3 is 6.18 Å². The SMILES string of the molecule is COc1ccc(Oc2ccc(CNC(=O)C3(NC(=O)CO)CCOC3)cc2)c(C(F)(F)F)c1. The average Bonchev–Trinajstić information content (AvgIpc) is 3.27. The highest BCUT2D eigenvalue weighted by molar-refractivity contribution is 5.92. The first-order chi connectivity index (χ1) is 15.7. The van der Waals surface area contributed by atoms with Crippen molar-refractivity contribution >= 4 is 11.8 Å². The van der Waals surface area contributed by atoms with E-state index in [0.29, 0.717) is 5.56 Å². The van der Waals surface area contributed by atoms with Gasteiger partial charge in [-0.25, -0.2) is 0 Å². The highest BCUT2D eigenvalue weighted by atomic mass is 19.4. The number of benzene rings is 2. The number of amides is 2. The zero-order valence-electron chi connectivity index (χ0n) is 17.7. The normalized spacial score (nSPS) is 18.0. The maximum atomic E-state index is 13.3. The third-order valence-corrected chi connectivity index (χ3v) is 5.07. The van der Waals surface area contributed by atoms with E-state index in [1.54, 1.807) is 12.1 Å². The van der Waals surface area contributed by atoms with E-state index in [1.165, 1.54) is 31.4 Å². The van der Waals surface area contributed by atoms with Crippen molar-refractivity contribution in [2.24, 2.45) is 0 Å². The molecular formula is C22H23F3N2O6. The van der Waals surface area contributed by atoms with E-state index in [9.17, 15) is 22.8 Å². The minimum absolute atomic E-state index is 0.0131. The molecule has 2 aromatic carbocycles. The van der Waals surface area contributed by atoms with Crippen molar-refractivity contribution in [3.05, 3.63) is 53.6 Å². The predicted molar refractivity (Wildman–Crippen MR) is 110 cm³/mol. The molecule has 3 rings (SSSR count). The zero-order valence-corrected chi connectivity index (χ0v) is 17.7. The van der Waals surface area contributed by atoms with Gasteiger partial charge in [-0.15, -0.1) is 0 Å². The van der Waals surface area contributed by atoms with Crippen LogP contribution in [0.3, 0.4) is 0 Å². The summed E-state index contributed by atoms with van der Waals surface area (Å²) in [5.41, 5.74) is -1.57. The third-order valence-electron chi connectivity index (χ3n) is 5.07. The molecule has 178 valence electrons. The van der Waals surface area contributed by atoms with Gasteiger partial charge in [0.25, 0.3) is 0 Å². The fourth-order valence-corrected chi connectivity index (χ4v) is 3.31. The summed E-state index contributed by atoms with van der Waals surface area (Å²) in [6.07, 6.45) is -4.36. The van der Waals surface area contributed by atoms with Crippen molar-refractivity contribution in [3.8, 4) is 17.2 Å². The Bertz CT molecular complexity index is 989. The Labute approximate surface area is 187 Å². The van der Waals surface area contributed by atoms with Crippen LogP contribution in [-0.2, 0) is 27.0 Å². The summed E-state index contributed by atoms with van der Waals surface area (Å²) in [5.74, 6) is -1.28. The molecule has 2 amide bonds. The van der Waals surface area contributed by atoms with Gasteiger partial charge in [0.1, 0.15) is 35.0 Å². The molecule has 3 N–H and O–H groups in total. The number of hydrogen-bond donors (Lipinski definition) is 3. The monoisotopic (exact) mass is 468 g/mol. The van der Waals surface area contributed by atoms with E-state index in [2.05, 4.69) is 10.6 Å². The largest absolute Gasteiger partial charge is 0.497 e. The molecule has 0 spiro atoms. The van der Waals surface area contributed by atoms with Crippen LogP contribution in [0.4, 0.5) is 13.2 Å². The van der Waals surface area contributed by atoms with Gasteiger partial charge in [0, 0.05) is 19.6 Å². The molecule has 11 heteroatoms. The summed E-state index contributed by atoms with van der Waals surface area (Å²) in [6.45, 7) is -0.371. The Morgan fingerprint density at radius 1 is 1.15 bits per heavy atom. The van der Waals surface area contributed by atoms with E-state index < -0.39 is 35.7 Å². The first kappa shape index (κ1) is 24.3. The second-order valence-electron chi connectivity index (χ2n) is 7.38. The number of aliphatic hydroxyl groups is 1. The van der Waals surface area contributed by atoms with Crippen LogP contribution >= 0.6 is 0 Å². The van der Waals surface area contributed by atoms with Crippen LogP contribution in [0.2, 0.25) is 0 Å². The van der Waals surface area contributed by atoms with Gasteiger partial charge in [0.2, 0.25) is 11.8 Å². The van der Waals surface area contributed by atoms with Crippen molar-refractivity contribution in [3.63, 3.8) is 0 Å². The Morgan fingerprint density at radius 3 is 2.42 bits per heavy atom. The van der Waals surface area contributed by atoms with Crippen LogP contribution in [-0.4, -0.2) is 49.4 Å². The first-order valence-electron chi connectivity index (χ1n) is 9.97. The van der Waals surface area contributed by atoms with Crippen LogP contribution in [0.15, 0.2) is 42.5 Å². The van der Waals surface area contributed by atoms with Crippen molar-refractivity contribution in [1.29, 1.82) is 0 Å². The van der Waals surface area contributed by atoms with E-state index in [1.807, 2.05) is 0 Å². The lowest BCUT2D eigenvalue weighted by atomic mass is 9.97. The molecular weight excluding hydrogens is 445 g/mol. The van der Waals surface area contributed by atoms with E-state index in [-0.39, 0.29) is 43.4 Å². The zero-order chi connectivity index (χ0) is 24.1. The van der Waals surface area contributed by atoms with Crippen molar-refractivity contribution in [2.45, 2.75) is 24.7 Å². The number of hydrogen-bond acceptors (Lipinski definition) is 6. The third kappa shape index (κ3) is 5.93. The fraction of sp³-hybridized carbons (Fsp3) is 0.364.